The molecule has 0 radical (unpaired) electrons. The molecule has 0 atom stereocenters. The van der Waals surface area contributed by atoms with Crippen molar-refractivity contribution in [3.63, 3.8) is 0 Å². The largest absolute Gasteiger partial charge is 0.380 e. The Morgan fingerprint density at radius 1 is 1.19 bits per heavy atom. The lowest BCUT2D eigenvalue weighted by Gasteiger charge is -2.10. The van der Waals surface area contributed by atoms with Crippen LogP contribution >= 0.6 is 11.3 Å². The number of rotatable bonds is 4. The van der Waals surface area contributed by atoms with Crippen molar-refractivity contribution in [3.8, 4) is 0 Å². The molecule has 1 aromatic heterocycles. The summed E-state index contributed by atoms with van der Waals surface area (Å²) >= 11 is 1.82. The van der Waals surface area contributed by atoms with Crippen LogP contribution in [-0.2, 0) is 13.0 Å². The van der Waals surface area contributed by atoms with Crippen LogP contribution in [0.1, 0.15) is 22.9 Å². The van der Waals surface area contributed by atoms with Crippen LogP contribution in [0.2, 0.25) is 0 Å². The number of benzene rings is 1. The Bertz CT molecular complexity index is 459. The van der Waals surface area contributed by atoms with Gasteiger partial charge >= 0.3 is 0 Å². The fourth-order valence-corrected chi connectivity index (χ4v) is 2.61. The number of aryl methyl sites for hydroxylation is 2. The third-order valence-corrected chi connectivity index (χ3v) is 3.83. The molecule has 0 spiro atoms. The summed E-state index contributed by atoms with van der Waals surface area (Å²) < 4.78 is 0. The average molecular weight is 231 g/mol. The van der Waals surface area contributed by atoms with E-state index in [9.17, 15) is 0 Å². The lowest BCUT2D eigenvalue weighted by Crippen LogP contribution is -2.01. The topological polar surface area (TPSA) is 12.0 Å². The van der Waals surface area contributed by atoms with Crippen LogP contribution in [0.25, 0.3) is 0 Å². The van der Waals surface area contributed by atoms with E-state index >= 15 is 0 Å². The van der Waals surface area contributed by atoms with Crippen LogP contribution in [0, 0.1) is 6.92 Å². The van der Waals surface area contributed by atoms with Gasteiger partial charge in [0.1, 0.15) is 0 Å². The molecular formula is C14H17NS. The van der Waals surface area contributed by atoms with E-state index in [2.05, 4.69) is 54.9 Å². The molecule has 0 saturated carbocycles. The van der Waals surface area contributed by atoms with Gasteiger partial charge in [-0.25, -0.2) is 0 Å². The SMILES string of the molecule is CCc1ccccc1NCc1sccc1C. The van der Waals surface area contributed by atoms with E-state index in [4.69, 9.17) is 0 Å². The first kappa shape index (κ1) is 11.2. The molecule has 1 N–H and O–H groups in total. The van der Waals surface area contributed by atoms with Gasteiger partial charge in [0.2, 0.25) is 0 Å². The van der Waals surface area contributed by atoms with Crippen molar-refractivity contribution in [1.82, 2.24) is 0 Å². The number of anilines is 1. The van der Waals surface area contributed by atoms with Crippen molar-refractivity contribution < 1.29 is 0 Å². The van der Waals surface area contributed by atoms with Gasteiger partial charge in [-0.15, -0.1) is 11.3 Å². The number of hydrogen-bond acceptors (Lipinski definition) is 2. The summed E-state index contributed by atoms with van der Waals surface area (Å²) in [6.45, 7) is 5.29. The minimum atomic E-state index is 0.931. The van der Waals surface area contributed by atoms with E-state index in [1.807, 2.05) is 11.3 Å². The van der Waals surface area contributed by atoms with Crippen molar-refractivity contribution >= 4 is 17.0 Å². The molecule has 2 heteroatoms. The summed E-state index contributed by atoms with van der Waals surface area (Å²) in [6.07, 6.45) is 1.08. The second-order valence-corrected chi connectivity index (χ2v) is 4.89. The third kappa shape index (κ3) is 2.45. The van der Waals surface area contributed by atoms with Gasteiger partial charge in [0.25, 0.3) is 0 Å². The van der Waals surface area contributed by atoms with Crippen molar-refractivity contribution in [2.75, 3.05) is 5.32 Å². The van der Waals surface area contributed by atoms with E-state index < -0.39 is 0 Å². The van der Waals surface area contributed by atoms with Gasteiger partial charge in [-0.05, 0) is 42.0 Å². The third-order valence-electron chi connectivity index (χ3n) is 2.81. The van der Waals surface area contributed by atoms with E-state index in [1.165, 1.54) is 21.7 Å². The second-order valence-electron chi connectivity index (χ2n) is 3.89. The smallest absolute Gasteiger partial charge is 0.0496 e. The van der Waals surface area contributed by atoms with Crippen molar-refractivity contribution in [2.45, 2.75) is 26.8 Å². The molecule has 0 aliphatic heterocycles. The fourth-order valence-electron chi connectivity index (χ4n) is 1.76. The summed E-state index contributed by atoms with van der Waals surface area (Å²) in [4.78, 5) is 1.42. The van der Waals surface area contributed by atoms with Crippen LogP contribution < -0.4 is 5.32 Å². The van der Waals surface area contributed by atoms with E-state index in [0.717, 1.165) is 13.0 Å². The Morgan fingerprint density at radius 3 is 2.69 bits per heavy atom. The molecule has 1 nitrogen and oxygen atoms in total. The molecule has 0 aliphatic rings. The average Bonchev–Trinajstić information content (AvgIpc) is 2.72. The minimum absolute atomic E-state index is 0.931. The summed E-state index contributed by atoms with van der Waals surface area (Å²) in [5, 5.41) is 5.67. The molecule has 2 rings (SSSR count). The monoisotopic (exact) mass is 231 g/mol. The van der Waals surface area contributed by atoms with Gasteiger partial charge in [-0.3, -0.25) is 0 Å². The molecule has 1 aromatic carbocycles. The van der Waals surface area contributed by atoms with Crippen LogP contribution in [0.5, 0.6) is 0 Å². The second kappa shape index (κ2) is 5.17. The molecule has 0 amide bonds. The molecule has 2 aromatic rings. The number of nitrogens with one attached hydrogen (secondary N) is 1. The van der Waals surface area contributed by atoms with Crippen LogP contribution in [0.3, 0.4) is 0 Å². The van der Waals surface area contributed by atoms with Gasteiger partial charge < -0.3 is 5.32 Å². The highest BCUT2D eigenvalue weighted by molar-refractivity contribution is 7.10. The zero-order valence-corrected chi connectivity index (χ0v) is 10.6. The van der Waals surface area contributed by atoms with Crippen LogP contribution in [-0.4, -0.2) is 0 Å². The molecule has 1 heterocycles. The van der Waals surface area contributed by atoms with Crippen molar-refractivity contribution in [3.05, 3.63) is 51.7 Å². The summed E-state index contributed by atoms with van der Waals surface area (Å²) in [6, 6.07) is 10.7. The van der Waals surface area contributed by atoms with Gasteiger partial charge in [-0.1, -0.05) is 25.1 Å². The first-order valence-electron chi connectivity index (χ1n) is 5.66. The summed E-state index contributed by atoms with van der Waals surface area (Å²) in [7, 11) is 0. The summed E-state index contributed by atoms with van der Waals surface area (Å²) in [5.74, 6) is 0. The number of para-hydroxylation sites is 1. The molecule has 0 aliphatic carbocycles. The van der Waals surface area contributed by atoms with E-state index in [0.29, 0.717) is 0 Å². The van der Waals surface area contributed by atoms with E-state index in [-0.39, 0.29) is 0 Å². The molecule has 0 fully saturated rings. The first-order chi connectivity index (χ1) is 7.81. The lowest BCUT2D eigenvalue weighted by atomic mass is 10.1. The highest BCUT2D eigenvalue weighted by Gasteiger charge is 2.01. The Kier molecular flexibility index (Phi) is 3.62. The van der Waals surface area contributed by atoms with Gasteiger partial charge in [0.05, 0.1) is 0 Å². The minimum Gasteiger partial charge on any atom is -0.380 e. The van der Waals surface area contributed by atoms with Crippen molar-refractivity contribution in [2.24, 2.45) is 0 Å². The maximum absolute atomic E-state index is 3.52. The molecule has 16 heavy (non-hydrogen) atoms. The maximum Gasteiger partial charge on any atom is 0.0496 e. The highest BCUT2D eigenvalue weighted by Crippen LogP contribution is 2.20. The molecular weight excluding hydrogens is 214 g/mol. The predicted octanol–water partition coefficient (Wildman–Crippen LogP) is 4.23. The molecule has 0 bridgehead atoms. The Labute approximate surface area is 101 Å². The highest BCUT2D eigenvalue weighted by atomic mass is 32.1. The van der Waals surface area contributed by atoms with Crippen LogP contribution in [0.4, 0.5) is 5.69 Å². The Morgan fingerprint density at radius 2 is 2.00 bits per heavy atom. The fraction of sp³-hybridized carbons (Fsp3) is 0.286. The molecule has 84 valence electrons. The Balaban J connectivity index is 2.07. The zero-order valence-electron chi connectivity index (χ0n) is 9.79. The maximum atomic E-state index is 3.52. The zero-order chi connectivity index (χ0) is 11.4. The quantitative estimate of drug-likeness (QED) is 0.830. The van der Waals surface area contributed by atoms with Crippen LogP contribution in [0.15, 0.2) is 35.7 Å². The van der Waals surface area contributed by atoms with E-state index in [1.54, 1.807) is 0 Å². The number of thiophene rings is 1. The molecule has 0 saturated heterocycles. The molecule has 0 unspecified atom stereocenters. The van der Waals surface area contributed by atoms with Gasteiger partial charge in [-0.2, -0.15) is 0 Å². The standard InChI is InChI=1S/C14H17NS/c1-3-12-6-4-5-7-13(12)15-10-14-11(2)8-9-16-14/h4-9,15H,3,10H2,1-2H3. The number of hydrogen-bond donors (Lipinski definition) is 1. The predicted molar refractivity (Wildman–Crippen MR) is 72.2 cm³/mol. The van der Waals surface area contributed by atoms with Crippen molar-refractivity contribution in [1.29, 1.82) is 0 Å². The normalized spacial score (nSPS) is 10.4. The van der Waals surface area contributed by atoms with Gasteiger partial charge in [0.15, 0.2) is 0 Å². The Hall–Kier alpha value is -1.28. The summed E-state index contributed by atoms with van der Waals surface area (Å²) in [5.41, 5.74) is 4.03. The lowest BCUT2D eigenvalue weighted by molar-refractivity contribution is 1.10. The van der Waals surface area contributed by atoms with Gasteiger partial charge in [0, 0.05) is 17.1 Å². The first-order valence-corrected chi connectivity index (χ1v) is 6.54.